The van der Waals surface area contributed by atoms with Gasteiger partial charge in [0.05, 0.1) is 11.9 Å². The molecular formula is C24H25FN6O. The number of ether oxygens (including phenoxy) is 1. The van der Waals surface area contributed by atoms with Crippen molar-refractivity contribution in [1.29, 1.82) is 0 Å². The van der Waals surface area contributed by atoms with Crippen molar-refractivity contribution in [2.75, 3.05) is 36.9 Å². The maximum absolute atomic E-state index is 14.5. The van der Waals surface area contributed by atoms with Crippen LogP contribution in [0.25, 0.3) is 11.1 Å². The SMILES string of the molecule is CNc1cc(F)cc2c1Cc1nc(Oc3ccc(C)nc3)nc(N3CCC4CNC4C3)c1-2. The lowest BCUT2D eigenvalue weighted by Crippen LogP contribution is -2.62. The van der Waals surface area contributed by atoms with Gasteiger partial charge in [0.2, 0.25) is 0 Å². The summed E-state index contributed by atoms with van der Waals surface area (Å²) in [4.78, 5) is 16.2. The van der Waals surface area contributed by atoms with E-state index in [0.717, 1.165) is 71.6 Å². The predicted octanol–water partition coefficient (Wildman–Crippen LogP) is 3.52. The summed E-state index contributed by atoms with van der Waals surface area (Å²) in [6.45, 7) is 4.82. The van der Waals surface area contributed by atoms with Gasteiger partial charge in [-0.1, -0.05) is 0 Å². The Morgan fingerprint density at radius 1 is 1.25 bits per heavy atom. The third-order valence-electron chi connectivity index (χ3n) is 6.83. The highest BCUT2D eigenvalue weighted by Gasteiger charge is 2.38. The molecule has 2 atom stereocenters. The first kappa shape index (κ1) is 19.4. The van der Waals surface area contributed by atoms with Gasteiger partial charge in [0, 0.05) is 49.5 Å². The van der Waals surface area contributed by atoms with E-state index in [0.29, 0.717) is 24.2 Å². The van der Waals surface area contributed by atoms with E-state index < -0.39 is 0 Å². The molecule has 0 saturated carbocycles. The first-order chi connectivity index (χ1) is 15.6. The summed E-state index contributed by atoms with van der Waals surface area (Å²) in [5.74, 6) is 1.88. The molecule has 0 spiro atoms. The molecule has 32 heavy (non-hydrogen) atoms. The van der Waals surface area contributed by atoms with E-state index in [1.807, 2.05) is 26.1 Å². The summed E-state index contributed by atoms with van der Waals surface area (Å²) in [5, 5.41) is 6.66. The highest BCUT2D eigenvalue weighted by molar-refractivity contribution is 5.88. The Hall–Kier alpha value is -3.26. The number of aryl methyl sites for hydroxylation is 1. The van der Waals surface area contributed by atoms with Crippen molar-refractivity contribution in [2.45, 2.75) is 25.8 Å². The Morgan fingerprint density at radius 2 is 2.16 bits per heavy atom. The number of fused-ring (bicyclic) bond motifs is 4. The number of hydrogen-bond donors (Lipinski definition) is 2. The van der Waals surface area contributed by atoms with Crippen molar-refractivity contribution in [3.8, 4) is 22.9 Å². The Labute approximate surface area is 186 Å². The number of aromatic nitrogens is 3. The number of halogens is 1. The lowest BCUT2D eigenvalue weighted by molar-refractivity contribution is 0.196. The lowest BCUT2D eigenvalue weighted by Gasteiger charge is -2.46. The minimum absolute atomic E-state index is 0.266. The standard InChI is InChI=1S/C24H25FN6O/c1-13-3-4-16(11-27-13)32-24-29-20-9-17-18(7-15(25)8-19(17)26-2)22(20)23(30-24)31-6-5-14-10-28-21(14)12-31/h3-4,7-8,11,14,21,26,28H,5-6,9-10,12H2,1-2H3. The molecule has 2 unspecified atom stereocenters. The van der Waals surface area contributed by atoms with E-state index in [1.54, 1.807) is 12.3 Å². The average Bonchev–Trinajstić information content (AvgIpc) is 3.13. The molecule has 8 heteroatoms. The molecule has 1 aromatic carbocycles. The fraction of sp³-hybridized carbons (Fsp3) is 0.375. The Bertz CT molecular complexity index is 1200. The zero-order valence-corrected chi connectivity index (χ0v) is 18.2. The Kier molecular flexibility index (Phi) is 4.50. The van der Waals surface area contributed by atoms with Crippen molar-refractivity contribution in [1.82, 2.24) is 20.3 Å². The molecule has 6 rings (SSSR count). The van der Waals surface area contributed by atoms with Crippen LogP contribution in [0.5, 0.6) is 11.8 Å². The monoisotopic (exact) mass is 432 g/mol. The van der Waals surface area contributed by atoms with Crippen molar-refractivity contribution in [3.63, 3.8) is 0 Å². The van der Waals surface area contributed by atoms with Crippen LogP contribution in [0.3, 0.4) is 0 Å². The predicted molar refractivity (Wildman–Crippen MR) is 121 cm³/mol. The van der Waals surface area contributed by atoms with E-state index in [4.69, 9.17) is 14.7 Å². The van der Waals surface area contributed by atoms with E-state index in [1.165, 1.54) is 6.07 Å². The summed E-state index contributed by atoms with van der Waals surface area (Å²) in [7, 11) is 1.82. The van der Waals surface area contributed by atoms with Gasteiger partial charge in [-0.15, -0.1) is 0 Å². The molecule has 164 valence electrons. The van der Waals surface area contributed by atoms with Crippen LogP contribution in [-0.4, -0.2) is 47.7 Å². The van der Waals surface area contributed by atoms with Crippen LogP contribution in [0, 0.1) is 18.7 Å². The lowest BCUT2D eigenvalue weighted by atomic mass is 9.85. The third-order valence-corrected chi connectivity index (χ3v) is 6.83. The van der Waals surface area contributed by atoms with Crippen LogP contribution in [0.1, 0.15) is 23.4 Å². The van der Waals surface area contributed by atoms with E-state index in [2.05, 4.69) is 20.5 Å². The molecule has 0 bridgehead atoms. The molecule has 0 radical (unpaired) electrons. The zero-order chi connectivity index (χ0) is 21.8. The van der Waals surface area contributed by atoms with Gasteiger partial charge in [-0.25, -0.2) is 4.39 Å². The van der Waals surface area contributed by atoms with E-state index >= 15 is 0 Å². The minimum atomic E-state index is -0.266. The number of nitrogens with one attached hydrogen (secondary N) is 2. The number of pyridine rings is 1. The Balaban J connectivity index is 1.45. The average molecular weight is 433 g/mol. The minimum Gasteiger partial charge on any atom is -0.423 e. The maximum atomic E-state index is 14.5. The first-order valence-corrected chi connectivity index (χ1v) is 11.1. The fourth-order valence-electron chi connectivity index (χ4n) is 5.02. The number of nitrogens with zero attached hydrogens (tertiary/aromatic N) is 4. The van der Waals surface area contributed by atoms with Gasteiger partial charge in [0.15, 0.2) is 0 Å². The van der Waals surface area contributed by atoms with Gasteiger partial charge >= 0.3 is 6.01 Å². The molecule has 1 aliphatic carbocycles. The van der Waals surface area contributed by atoms with Crippen LogP contribution in [0.15, 0.2) is 30.5 Å². The number of hydrogen-bond acceptors (Lipinski definition) is 7. The first-order valence-electron chi connectivity index (χ1n) is 11.1. The summed E-state index contributed by atoms with van der Waals surface area (Å²) in [6, 6.07) is 7.68. The second-order valence-electron chi connectivity index (χ2n) is 8.80. The van der Waals surface area contributed by atoms with Gasteiger partial charge in [0.1, 0.15) is 17.4 Å². The third kappa shape index (κ3) is 3.17. The van der Waals surface area contributed by atoms with Crippen LogP contribution in [-0.2, 0) is 6.42 Å². The number of anilines is 2. The molecule has 2 aromatic heterocycles. The van der Waals surface area contributed by atoms with Crippen LogP contribution in [0.2, 0.25) is 0 Å². The van der Waals surface area contributed by atoms with E-state index in [9.17, 15) is 4.39 Å². The molecule has 2 fully saturated rings. The summed E-state index contributed by atoms with van der Waals surface area (Å²) in [5.41, 5.74) is 5.40. The number of benzene rings is 1. The van der Waals surface area contributed by atoms with Gasteiger partial charge in [-0.05, 0) is 61.2 Å². The molecule has 4 heterocycles. The maximum Gasteiger partial charge on any atom is 0.324 e. The van der Waals surface area contributed by atoms with Crippen molar-refractivity contribution in [2.24, 2.45) is 5.92 Å². The summed E-state index contributed by atoms with van der Waals surface area (Å²) < 4.78 is 20.5. The number of piperidine rings is 1. The molecule has 2 N–H and O–H groups in total. The Morgan fingerprint density at radius 3 is 2.88 bits per heavy atom. The fourth-order valence-corrected chi connectivity index (χ4v) is 5.02. The van der Waals surface area contributed by atoms with Gasteiger partial charge in [0.25, 0.3) is 0 Å². The van der Waals surface area contributed by atoms with Gasteiger partial charge in [-0.2, -0.15) is 9.97 Å². The molecule has 7 nitrogen and oxygen atoms in total. The highest BCUT2D eigenvalue weighted by atomic mass is 19.1. The van der Waals surface area contributed by atoms with Crippen molar-refractivity contribution < 1.29 is 9.13 Å². The molecule has 3 aromatic rings. The van der Waals surface area contributed by atoms with Crippen molar-refractivity contribution >= 4 is 11.5 Å². The summed E-state index contributed by atoms with van der Waals surface area (Å²) in [6.07, 6.45) is 3.40. The number of rotatable bonds is 4. The normalized spacial score (nSPS) is 20.8. The van der Waals surface area contributed by atoms with Crippen LogP contribution < -0.4 is 20.3 Å². The summed E-state index contributed by atoms with van der Waals surface area (Å²) >= 11 is 0. The second-order valence-corrected chi connectivity index (χ2v) is 8.80. The van der Waals surface area contributed by atoms with Crippen molar-refractivity contribution in [3.05, 3.63) is 53.2 Å². The van der Waals surface area contributed by atoms with Crippen LogP contribution >= 0.6 is 0 Å². The van der Waals surface area contributed by atoms with Crippen LogP contribution in [0.4, 0.5) is 15.9 Å². The van der Waals surface area contributed by atoms with Gasteiger partial charge in [-0.3, -0.25) is 4.98 Å². The molecule has 3 aliphatic rings. The zero-order valence-electron chi connectivity index (χ0n) is 18.2. The molecule has 0 amide bonds. The topological polar surface area (TPSA) is 75.2 Å². The van der Waals surface area contributed by atoms with Gasteiger partial charge < -0.3 is 20.3 Å². The molecular weight excluding hydrogens is 407 g/mol. The smallest absolute Gasteiger partial charge is 0.324 e. The highest BCUT2D eigenvalue weighted by Crippen LogP contribution is 2.46. The van der Waals surface area contributed by atoms with E-state index in [-0.39, 0.29) is 5.82 Å². The largest absolute Gasteiger partial charge is 0.423 e. The second kappa shape index (κ2) is 7.41. The quantitative estimate of drug-likeness (QED) is 0.511. The molecule has 2 saturated heterocycles. The molecule has 2 aliphatic heterocycles.